The van der Waals surface area contributed by atoms with E-state index >= 15 is 0 Å². The highest BCUT2D eigenvalue weighted by atomic mass is 35.5. The molecule has 1 saturated carbocycles. The van der Waals surface area contributed by atoms with Gasteiger partial charge >= 0.3 is 0 Å². The molecule has 0 radical (unpaired) electrons. The normalized spacial score (nSPS) is 22.7. The average Bonchev–Trinajstić information content (AvgIpc) is 3.04. The summed E-state index contributed by atoms with van der Waals surface area (Å²) in [6.07, 6.45) is 9.85. The quantitative estimate of drug-likeness (QED) is 0.873. The van der Waals surface area contributed by atoms with Crippen molar-refractivity contribution in [3.05, 3.63) is 22.7 Å². The van der Waals surface area contributed by atoms with E-state index in [9.17, 15) is 0 Å². The Bertz CT molecular complexity index is 494. The Morgan fingerprint density at radius 3 is 2.59 bits per heavy atom. The van der Waals surface area contributed by atoms with Crippen LogP contribution in [-0.4, -0.2) is 25.8 Å². The van der Waals surface area contributed by atoms with Crippen molar-refractivity contribution in [1.29, 1.82) is 0 Å². The number of ether oxygens (including phenoxy) is 2. The first-order valence-electron chi connectivity index (χ1n) is 8.52. The van der Waals surface area contributed by atoms with Crippen LogP contribution in [0, 0.1) is 0 Å². The number of methoxy groups -OCH3 is 1. The van der Waals surface area contributed by atoms with Crippen LogP contribution in [0.15, 0.2) is 12.1 Å². The predicted molar refractivity (Wildman–Crippen MR) is 90.2 cm³/mol. The highest BCUT2D eigenvalue weighted by Crippen LogP contribution is 2.39. The number of hydrogen-bond donors (Lipinski definition) is 1. The Hall–Kier alpha value is -0.930. The molecule has 22 heavy (non-hydrogen) atoms. The van der Waals surface area contributed by atoms with Crippen LogP contribution in [0.5, 0.6) is 11.5 Å². The first-order valence-corrected chi connectivity index (χ1v) is 8.90. The van der Waals surface area contributed by atoms with Gasteiger partial charge in [-0.25, -0.2) is 0 Å². The van der Waals surface area contributed by atoms with Crippen molar-refractivity contribution in [2.75, 3.05) is 13.7 Å². The summed E-state index contributed by atoms with van der Waals surface area (Å²) in [7, 11) is 1.69. The van der Waals surface area contributed by atoms with Gasteiger partial charge in [-0.15, -0.1) is 0 Å². The van der Waals surface area contributed by atoms with E-state index in [1.165, 1.54) is 37.7 Å². The number of piperidine rings is 1. The molecule has 1 heterocycles. The topological polar surface area (TPSA) is 30.5 Å². The number of hydrogen-bond acceptors (Lipinski definition) is 3. The third kappa shape index (κ3) is 3.88. The van der Waals surface area contributed by atoms with Gasteiger partial charge in [0.2, 0.25) is 0 Å². The molecule has 0 amide bonds. The molecular formula is C18H26ClNO2. The van der Waals surface area contributed by atoms with Gasteiger partial charge in [-0.05, 0) is 69.2 Å². The Morgan fingerprint density at radius 2 is 1.91 bits per heavy atom. The van der Waals surface area contributed by atoms with Crippen LogP contribution in [0.3, 0.4) is 0 Å². The summed E-state index contributed by atoms with van der Waals surface area (Å²) in [5, 5.41) is 4.26. The summed E-state index contributed by atoms with van der Waals surface area (Å²) >= 11 is 6.48. The summed E-state index contributed by atoms with van der Waals surface area (Å²) in [5.41, 5.74) is 1.22. The fourth-order valence-electron chi connectivity index (χ4n) is 3.56. The second-order valence-corrected chi connectivity index (χ2v) is 6.89. The number of halogens is 1. The number of nitrogens with one attached hydrogen (secondary N) is 1. The molecule has 0 spiro atoms. The standard InChI is InChI=1S/C18H26ClNO2/c1-21-17-12-13(10-14-6-4-5-9-20-14)11-16(19)18(17)22-15-7-2-3-8-15/h11-12,14-15,20H,2-10H2,1H3. The van der Waals surface area contributed by atoms with Gasteiger partial charge in [0.25, 0.3) is 0 Å². The van der Waals surface area contributed by atoms with Crippen LogP contribution in [0.2, 0.25) is 5.02 Å². The molecular weight excluding hydrogens is 298 g/mol. The second kappa shape index (κ2) is 7.56. The highest BCUT2D eigenvalue weighted by Gasteiger charge is 2.22. The molecule has 0 bridgehead atoms. The van der Waals surface area contributed by atoms with Crippen molar-refractivity contribution in [3.8, 4) is 11.5 Å². The third-order valence-corrected chi connectivity index (χ3v) is 5.05. The molecule has 4 heteroatoms. The molecule has 1 atom stereocenters. The predicted octanol–water partition coefficient (Wildman–Crippen LogP) is 4.35. The van der Waals surface area contributed by atoms with Gasteiger partial charge in [-0.2, -0.15) is 0 Å². The maximum Gasteiger partial charge on any atom is 0.180 e. The van der Waals surface area contributed by atoms with Crippen molar-refractivity contribution < 1.29 is 9.47 Å². The minimum Gasteiger partial charge on any atom is -0.493 e. The summed E-state index contributed by atoms with van der Waals surface area (Å²) < 4.78 is 11.6. The molecule has 1 aromatic rings. The van der Waals surface area contributed by atoms with Gasteiger partial charge in [0.15, 0.2) is 11.5 Å². The Labute approximate surface area is 138 Å². The molecule has 0 aromatic heterocycles. The maximum absolute atomic E-state index is 6.48. The van der Waals surface area contributed by atoms with Crippen LogP contribution < -0.4 is 14.8 Å². The van der Waals surface area contributed by atoms with E-state index in [1.807, 2.05) is 6.07 Å². The van der Waals surface area contributed by atoms with Gasteiger partial charge in [0.1, 0.15) is 0 Å². The molecule has 2 aliphatic rings. The zero-order valence-electron chi connectivity index (χ0n) is 13.4. The lowest BCUT2D eigenvalue weighted by Gasteiger charge is -2.24. The lowest BCUT2D eigenvalue weighted by atomic mass is 9.97. The largest absolute Gasteiger partial charge is 0.493 e. The van der Waals surface area contributed by atoms with E-state index in [1.54, 1.807) is 7.11 Å². The van der Waals surface area contributed by atoms with E-state index in [-0.39, 0.29) is 6.10 Å². The lowest BCUT2D eigenvalue weighted by Crippen LogP contribution is -2.35. The first-order chi connectivity index (χ1) is 10.8. The monoisotopic (exact) mass is 323 g/mol. The molecule has 1 aliphatic carbocycles. The summed E-state index contributed by atoms with van der Waals surface area (Å²) in [6, 6.07) is 4.69. The van der Waals surface area contributed by atoms with Crippen LogP contribution in [-0.2, 0) is 6.42 Å². The minimum absolute atomic E-state index is 0.289. The number of rotatable bonds is 5. The van der Waals surface area contributed by atoms with E-state index in [0.29, 0.717) is 11.1 Å². The van der Waals surface area contributed by atoms with Crippen molar-refractivity contribution in [2.45, 2.75) is 63.5 Å². The molecule has 3 rings (SSSR count). The minimum atomic E-state index is 0.289. The van der Waals surface area contributed by atoms with Gasteiger partial charge in [0.05, 0.1) is 18.2 Å². The van der Waals surface area contributed by atoms with Crippen LogP contribution in [0.1, 0.15) is 50.5 Å². The van der Waals surface area contributed by atoms with Crippen molar-refractivity contribution in [2.24, 2.45) is 0 Å². The van der Waals surface area contributed by atoms with Crippen molar-refractivity contribution >= 4 is 11.6 Å². The summed E-state index contributed by atoms with van der Waals surface area (Å²) in [5.74, 6) is 1.49. The molecule has 1 N–H and O–H groups in total. The third-order valence-electron chi connectivity index (χ3n) is 4.77. The number of benzene rings is 1. The van der Waals surface area contributed by atoms with Crippen LogP contribution in [0.25, 0.3) is 0 Å². The van der Waals surface area contributed by atoms with Crippen molar-refractivity contribution in [3.63, 3.8) is 0 Å². The molecule has 1 unspecified atom stereocenters. The summed E-state index contributed by atoms with van der Waals surface area (Å²) in [4.78, 5) is 0. The van der Waals surface area contributed by atoms with Gasteiger partial charge in [-0.3, -0.25) is 0 Å². The van der Waals surface area contributed by atoms with Gasteiger partial charge < -0.3 is 14.8 Å². The zero-order chi connectivity index (χ0) is 15.4. The molecule has 1 saturated heterocycles. The molecule has 122 valence electrons. The van der Waals surface area contributed by atoms with E-state index in [0.717, 1.165) is 37.3 Å². The first kappa shape index (κ1) is 15.9. The zero-order valence-corrected chi connectivity index (χ0v) is 14.1. The maximum atomic E-state index is 6.48. The van der Waals surface area contributed by atoms with Gasteiger partial charge in [0, 0.05) is 6.04 Å². The highest BCUT2D eigenvalue weighted by molar-refractivity contribution is 6.32. The Balaban J connectivity index is 1.73. The smallest absolute Gasteiger partial charge is 0.180 e. The summed E-state index contributed by atoms with van der Waals surface area (Å²) in [6.45, 7) is 1.12. The fraction of sp³-hybridized carbons (Fsp3) is 0.667. The molecule has 1 aromatic carbocycles. The second-order valence-electron chi connectivity index (χ2n) is 6.48. The van der Waals surface area contributed by atoms with Gasteiger partial charge in [-0.1, -0.05) is 18.0 Å². The molecule has 1 aliphatic heterocycles. The SMILES string of the molecule is COc1cc(CC2CCCCN2)cc(Cl)c1OC1CCCC1. The van der Waals surface area contributed by atoms with E-state index < -0.39 is 0 Å². The van der Waals surface area contributed by atoms with E-state index in [2.05, 4.69) is 11.4 Å². The molecule has 2 fully saturated rings. The van der Waals surface area contributed by atoms with Crippen molar-refractivity contribution in [1.82, 2.24) is 5.32 Å². The Kier molecular flexibility index (Phi) is 5.48. The Morgan fingerprint density at radius 1 is 1.14 bits per heavy atom. The van der Waals surface area contributed by atoms with Crippen LogP contribution >= 0.6 is 11.6 Å². The average molecular weight is 324 g/mol. The lowest BCUT2D eigenvalue weighted by molar-refractivity contribution is 0.201. The molecule has 3 nitrogen and oxygen atoms in total. The van der Waals surface area contributed by atoms with E-state index in [4.69, 9.17) is 21.1 Å². The fourth-order valence-corrected chi connectivity index (χ4v) is 3.84. The van der Waals surface area contributed by atoms with Crippen LogP contribution in [0.4, 0.5) is 0 Å².